The van der Waals surface area contributed by atoms with Gasteiger partial charge in [-0.2, -0.15) is 0 Å². The Kier molecular flexibility index (Phi) is 6.70. The van der Waals surface area contributed by atoms with Gasteiger partial charge in [-0.25, -0.2) is 17.5 Å². The highest BCUT2D eigenvalue weighted by atomic mass is 32.2. The summed E-state index contributed by atoms with van der Waals surface area (Å²) in [6.45, 7) is 4.03. The fraction of sp³-hybridized carbons (Fsp3) is 0.409. The molecule has 156 valence electrons. The molecule has 2 aromatic rings. The molecule has 2 atom stereocenters. The zero-order valence-electron chi connectivity index (χ0n) is 16.7. The van der Waals surface area contributed by atoms with Gasteiger partial charge >= 0.3 is 0 Å². The monoisotopic (exact) mass is 418 g/mol. The number of anilines is 1. The number of hydrogen-bond donors (Lipinski definition) is 2. The molecule has 1 aliphatic carbocycles. The largest absolute Gasteiger partial charge is 0.322 e. The van der Waals surface area contributed by atoms with Crippen LogP contribution in [-0.2, 0) is 16.4 Å². The lowest BCUT2D eigenvalue weighted by atomic mass is 9.87. The number of carbonyl (C=O) groups excluding carboxylic acids is 1. The summed E-state index contributed by atoms with van der Waals surface area (Å²) >= 11 is 0. The van der Waals surface area contributed by atoms with Crippen molar-refractivity contribution in [1.29, 1.82) is 0 Å². The van der Waals surface area contributed by atoms with E-state index in [1.54, 1.807) is 12.1 Å². The van der Waals surface area contributed by atoms with Crippen molar-refractivity contribution >= 4 is 21.6 Å². The Labute approximate surface area is 171 Å². The Balaban J connectivity index is 1.80. The van der Waals surface area contributed by atoms with Gasteiger partial charge in [0.15, 0.2) is 0 Å². The summed E-state index contributed by atoms with van der Waals surface area (Å²) in [7, 11) is -4.07. The van der Waals surface area contributed by atoms with Crippen LogP contribution < -0.4 is 10.0 Å². The lowest BCUT2D eigenvalue weighted by Crippen LogP contribution is -2.41. The first-order valence-corrected chi connectivity index (χ1v) is 11.5. The van der Waals surface area contributed by atoms with Gasteiger partial charge < -0.3 is 5.32 Å². The maximum atomic E-state index is 14.3. The molecule has 1 aliphatic rings. The summed E-state index contributed by atoms with van der Waals surface area (Å²) in [6.07, 6.45) is 4.58. The molecule has 0 aliphatic heterocycles. The molecule has 2 unspecified atom stereocenters. The van der Waals surface area contributed by atoms with E-state index in [9.17, 15) is 17.6 Å². The SMILES string of the molecule is CCc1ccc(NC(=O)c2ccc(F)c(S(=O)(=O)NC3CCCCC3C)c2)cc1. The van der Waals surface area contributed by atoms with Crippen molar-refractivity contribution in [2.45, 2.75) is 56.9 Å². The molecular formula is C22H27FN2O3S. The molecule has 1 amide bonds. The molecule has 0 heterocycles. The van der Waals surface area contributed by atoms with Crippen LogP contribution in [0, 0.1) is 11.7 Å². The molecule has 0 radical (unpaired) electrons. The number of amides is 1. The van der Waals surface area contributed by atoms with E-state index in [1.807, 2.05) is 26.0 Å². The van der Waals surface area contributed by atoms with Crippen LogP contribution in [-0.4, -0.2) is 20.4 Å². The average Bonchev–Trinajstić information content (AvgIpc) is 2.70. The van der Waals surface area contributed by atoms with Gasteiger partial charge in [0.05, 0.1) is 0 Å². The van der Waals surface area contributed by atoms with Crippen LogP contribution in [0.15, 0.2) is 47.4 Å². The van der Waals surface area contributed by atoms with Gasteiger partial charge in [0.1, 0.15) is 10.7 Å². The number of carbonyl (C=O) groups is 1. The summed E-state index contributed by atoms with van der Waals surface area (Å²) in [5.41, 5.74) is 1.82. The molecule has 5 nitrogen and oxygen atoms in total. The third-order valence-corrected chi connectivity index (χ3v) is 7.03. The van der Waals surface area contributed by atoms with Crippen LogP contribution in [0.3, 0.4) is 0 Å². The summed E-state index contributed by atoms with van der Waals surface area (Å²) in [4.78, 5) is 12.1. The molecular weight excluding hydrogens is 391 g/mol. The summed E-state index contributed by atoms with van der Waals surface area (Å²) < 4.78 is 42.5. The maximum absolute atomic E-state index is 14.3. The molecule has 0 spiro atoms. The Morgan fingerprint density at radius 1 is 1.10 bits per heavy atom. The molecule has 1 fully saturated rings. The topological polar surface area (TPSA) is 75.3 Å². The van der Waals surface area contributed by atoms with Crippen molar-refractivity contribution in [1.82, 2.24) is 4.72 Å². The van der Waals surface area contributed by atoms with Crippen molar-refractivity contribution in [2.75, 3.05) is 5.32 Å². The van der Waals surface area contributed by atoms with E-state index in [0.29, 0.717) is 5.69 Å². The summed E-state index contributed by atoms with van der Waals surface area (Å²) in [5, 5.41) is 2.72. The van der Waals surface area contributed by atoms with Crippen LogP contribution in [0.1, 0.15) is 55.5 Å². The molecule has 29 heavy (non-hydrogen) atoms. The number of nitrogens with one attached hydrogen (secondary N) is 2. The third kappa shape index (κ3) is 5.22. The van der Waals surface area contributed by atoms with Gasteiger partial charge in [-0.3, -0.25) is 4.79 Å². The first kappa shape index (κ1) is 21.5. The lowest BCUT2D eigenvalue weighted by Gasteiger charge is -2.29. The highest BCUT2D eigenvalue weighted by molar-refractivity contribution is 7.89. The predicted molar refractivity (Wildman–Crippen MR) is 112 cm³/mol. The van der Waals surface area contributed by atoms with Crippen LogP contribution >= 0.6 is 0 Å². The molecule has 3 rings (SSSR count). The van der Waals surface area contributed by atoms with Crippen LogP contribution in [0.5, 0.6) is 0 Å². The van der Waals surface area contributed by atoms with Crippen molar-refractivity contribution in [3.8, 4) is 0 Å². The first-order chi connectivity index (χ1) is 13.8. The van der Waals surface area contributed by atoms with E-state index in [1.165, 1.54) is 6.07 Å². The van der Waals surface area contributed by atoms with Crippen LogP contribution in [0.4, 0.5) is 10.1 Å². The smallest absolute Gasteiger partial charge is 0.255 e. The molecule has 2 aromatic carbocycles. The number of aryl methyl sites for hydroxylation is 1. The van der Waals surface area contributed by atoms with Crippen molar-refractivity contribution in [2.24, 2.45) is 5.92 Å². The number of hydrogen-bond acceptors (Lipinski definition) is 3. The van der Waals surface area contributed by atoms with Crippen molar-refractivity contribution in [3.63, 3.8) is 0 Å². The van der Waals surface area contributed by atoms with Crippen LogP contribution in [0.25, 0.3) is 0 Å². The van der Waals surface area contributed by atoms with E-state index in [0.717, 1.165) is 49.8 Å². The second-order valence-electron chi connectivity index (χ2n) is 7.64. The Morgan fingerprint density at radius 3 is 2.45 bits per heavy atom. The number of sulfonamides is 1. The lowest BCUT2D eigenvalue weighted by molar-refractivity contribution is 0.102. The normalized spacial score (nSPS) is 19.7. The van der Waals surface area contributed by atoms with Crippen LogP contribution in [0.2, 0.25) is 0 Å². The Morgan fingerprint density at radius 2 is 1.79 bits per heavy atom. The van der Waals surface area contributed by atoms with E-state index in [2.05, 4.69) is 10.0 Å². The number of rotatable bonds is 6. The second kappa shape index (κ2) is 9.05. The maximum Gasteiger partial charge on any atom is 0.255 e. The molecule has 7 heteroatoms. The van der Waals surface area contributed by atoms with Gasteiger partial charge in [0, 0.05) is 17.3 Å². The zero-order chi connectivity index (χ0) is 21.0. The Bertz CT molecular complexity index is 974. The first-order valence-electron chi connectivity index (χ1n) is 10.0. The predicted octanol–water partition coefficient (Wildman–Crippen LogP) is 4.50. The second-order valence-corrected chi connectivity index (χ2v) is 9.32. The summed E-state index contributed by atoms with van der Waals surface area (Å²) in [5.74, 6) is -1.17. The molecule has 2 N–H and O–H groups in total. The highest BCUT2D eigenvalue weighted by Crippen LogP contribution is 2.26. The van der Waals surface area contributed by atoms with Gasteiger partial charge in [-0.1, -0.05) is 38.8 Å². The van der Waals surface area contributed by atoms with Gasteiger partial charge in [-0.05, 0) is 61.1 Å². The third-order valence-electron chi connectivity index (χ3n) is 5.52. The van der Waals surface area contributed by atoms with Gasteiger partial charge in [0.2, 0.25) is 10.0 Å². The minimum absolute atomic E-state index is 0.0861. The molecule has 1 saturated carbocycles. The molecule has 0 aromatic heterocycles. The van der Waals surface area contributed by atoms with Gasteiger partial charge in [-0.15, -0.1) is 0 Å². The Hall–Kier alpha value is -2.25. The molecule has 0 bridgehead atoms. The average molecular weight is 419 g/mol. The van der Waals surface area contributed by atoms with E-state index in [4.69, 9.17) is 0 Å². The minimum atomic E-state index is -4.07. The van der Waals surface area contributed by atoms with Gasteiger partial charge in [0.25, 0.3) is 5.91 Å². The van der Waals surface area contributed by atoms with E-state index >= 15 is 0 Å². The molecule has 0 saturated heterocycles. The number of halogens is 1. The van der Waals surface area contributed by atoms with Crippen molar-refractivity contribution < 1.29 is 17.6 Å². The van der Waals surface area contributed by atoms with E-state index in [-0.39, 0.29) is 17.5 Å². The minimum Gasteiger partial charge on any atom is -0.322 e. The quantitative estimate of drug-likeness (QED) is 0.725. The number of benzene rings is 2. The van der Waals surface area contributed by atoms with Crippen molar-refractivity contribution in [3.05, 3.63) is 59.4 Å². The summed E-state index contributed by atoms with van der Waals surface area (Å²) in [6, 6.07) is 10.6. The van der Waals surface area contributed by atoms with E-state index < -0.39 is 26.6 Å². The zero-order valence-corrected chi connectivity index (χ0v) is 17.6. The fourth-order valence-corrected chi connectivity index (χ4v) is 5.11. The highest BCUT2D eigenvalue weighted by Gasteiger charge is 2.29. The fourth-order valence-electron chi connectivity index (χ4n) is 3.63. The standard InChI is InChI=1S/C22H27FN2O3S/c1-3-16-8-11-18(12-9-16)24-22(26)17-10-13-19(23)21(14-17)29(27,28)25-20-7-5-4-6-15(20)2/h8-15,20,25H,3-7H2,1-2H3,(H,24,26).